The molecule has 0 aliphatic rings. The van der Waals surface area contributed by atoms with Gasteiger partial charge in [-0.3, -0.25) is 0 Å². The first-order valence-electron chi connectivity index (χ1n) is 24.1. The van der Waals surface area contributed by atoms with Crippen LogP contribution in [0, 0.1) is 6.92 Å². The van der Waals surface area contributed by atoms with Gasteiger partial charge in [-0.2, -0.15) is 19.6 Å². The Kier molecular flexibility index (Phi) is 31.8. The summed E-state index contributed by atoms with van der Waals surface area (Å²) in [5.41, 5.74) is 1.17. The second-order valence-corrected chi connectivity index (χ2v) is 25.2. The Hall–Kier alpha value is -5.13. The van der Waals surface area contributed by atoms with E-state index in [0.717, 1.165) is 19.6 Å². The van der Waals surface area contributed by atoms with Crippen LogP contribution in [-0.4, -0.2) is 0 Å². The fourth-order valence-corrected chi connectivity index (χ4v) is 17.7. The summed E-state index contributed by atoms with van der Waals surface area (Å²) in [7, 11) is -3.81. The molecule has 0 radical (unpaired) electrons. The van der Waals surface area contributed by atoms with E-state index in [4.69, 9.17) is 53.9 Å². The van der Waals surface area contributed by atoms with Gasteiger partial charge >= 0.3 is 40.2 Å². The van der Waals surface area contributed by atoms with Gasteiger partial charge in [-0.25, -0.2) is 0 Å². The molecule has 0 atom stereocenters. The Morgan fingerprint density at radius 3 is 0.551 bits per heavy atom. The summed E-state index contributed by atoms with van der Waals surface area (Å²) in [5, 5.41) is 11.1. The van der Waals surface area contributed by atoms with Crippen molar-refractivity contribution in [2.24, 2.45) is 0 Å². The third-order valence-corrected chi connectivity index (χ3v) is 21.7. The van der Waals surface area contributed by atoms with Gasteiger partial charge in [0.05, 0.1) is 0 Å². The molecule has 0 spiro atoms. The van der Waals surface area contributed by atoms with Crippen molar-refractivity contribution in [3.8, 4) is 0 Å². The Bertz CT molecular complexity index is 2750. The molecule has 0 N–H and O–H groups in total. The summed E-state index contributed by atoms with van der Waals surface area (Å²) >= 11 is 20.2. The summed E-state index contributed by atoms with van der Waals surface area (Å²) in [6, 6.07) is 113. The Morgan fingerprint density at radius 1 is 0.256 bits per heavy atom. The van der Waals surface area contributed by atoms with E-state index in [1.807, 2.05) is 85.8 Å². The average molecular weight is 1290 g/mol. The van der Waals surface area contributed by atoms with Crippen LogP contribution in [0.15, 0.2) is 341 Å². The van der Waals surface area contributed by atoms with Gasteiger partial charge < -0.3 is 77.5 Å². The molecule has 0 aliphatic carbocycles. The first-order chi connectivity index (χ1) is 36.8. The van der Waals surface area contributed by atoms with E-state index in [1.165, 1.54) is 48.0 Å². The standard InChI is InChI=1S/2C24H20P.C7H8S2.2C6H6S.Fe.Mo.O.2H2S/c2*1-5-13-21(14-6-1)25(22-15-7-2-8-16-22,23-17-9-3-10-18-23)24-19-11-4-12-20-24;1-5-2-3-6(8)7(9)4-5;2*7-6-4-2-1-3-5-6;;;;;/h2*1-20H;2-4,8-9H,1H3;2*1-5,7H;;;;2*1H2/q2*+1;;;;+2;;;;/p-6. The van der Waals surface area contributed by atoms with Crippen molar-refractivity contribution in [1.29, 1.82) is 0 Å². The second kappa shape index (κ2) is 36.9. The maximum absolute atomic E-state index is 8.26. The minimum atomic E-state index is -1.91. The first-order valence-corrected chi connectivity index (χ1v) is 30.1. The fraction of sp³-hybridized carbons (Fsp3) is 0.0149. The van der Waals surface area contributed by atoms with Gasteiger partial charge in [0.1, 0.15) is 57.0 Å². The van der Waals surface area contributed by atoms with Crippen molar-refractivity contribution in [3.05, 3.63) is 327 Å². The van der Waals surface area contributed by atoms with E-state index in [2.05, 4.69) is 243 Å². The second-order valence-electron chi connectivity index (χ2n) is 16.6. The monoisotopic (exact) mass is 1290 g/mol. The molecule has 0 fully saturated rings. The van der Waals surface area contributed by atoms with Crippen LogP contribution in [0.5, 0.6) is 0 Å². The van der Waals surface area contributed by atoms with Crippen molar-refractivity contribution in [2.45, 2.75) is 26.5 Å². The first kappa shape index (κ1) is 67.1. The van der Waals surface area contributed by atoms with Crippen molar-refractivity contribution >= 4 is 134 Å². The van der Waals surface area contributed by atoms with Crippen LogP contribution in [0.4, 0.5) is 0 Å². The minimum Gasteiger partial charge on any atom is -0.813 e. The van der Waals surface area contributed by atoms with Crippen molar-refractivity contribution in [1.82, 2.24) is 0 Å². The molecule has 0 aliphatic heterocycles. The Balaban J connectivity index is 0.000000279. The summed E-state index contributed by atoms with van der Waals surface area (Å²) in [6.07, 6.45) is 0. The van der Waals surface area contributed by atoms with Crippen LogP contribution in [-0.2, 0) is 118 Å². The molecule has 11 aromatic rings. The van der Waals surface area contributed by atoms with Crippen LogP contribution < -0.4 is 42.4 Å². The number of rotatable bonds is 8. The maximum Gasteiger partial charge on any atom is 0.144 e. The number of benzene rings is 11. The zero-order valence-corrected chi connectivity index (χ0v) is 52.6. The molecular weight excluding hydrogens is 1230 g/mol. The predicted octanol–water partition coefficient (Wildman–Crippen LogP) is 12.9. The van der Waals surface area contributed by atoms with Gasteiger partial charge in [0.15, 0.2) is 0 Å². The summed E-state index contributed by atoms with van der Waals surface area (Å²) < 4.78 is 8.26. The van der Waals surface area contributed by atoms with Gasteiger partial charge in [0, 0.05) is 0 Å². The van der Waals surface area contributed by atoms with Gasteiger partial charge in [0.2, 0.25) is 0 Å². The average Bonchev–Trinajstić information content (AvgIpc) is 3.49. The van der Waals surface area contributed by atoms with E-state index < -0.39 is 14.5 Å². The van der Waals surface area contributed by atoms with E-state index in [0.29, 0.717) is 19.8 Å². The Morgan fingerprint density at radius 2 is 0.423 bits per heavy atom. The number of aryl methyl sites for hydroxylation is 1. The number of hydrogen-bond acceptors (Lipinski definition) is 7. The minimum absolute atomic E-state index is 0. The van der Waals surface area contributed by atoms with Crippen molar-refractivity contribution < 1.29 is 40.2 Å². The third-order valence-electron chi connectivity index (χ3n) is 11.7. The van der Waals surface area contributed by atoms with Crippen molar-refractivity contribution in [2.75, 3.05) is 0 Å². The third kappa shape index (κ3) is 18.7. The molecule has 0 saturated heterocycles. The summed E-state index contributed by atoms with van der Waals surface area (Å²) in [6.45, 7) is 2.00. The number of thiol groups is 2. The molecule has 0 bridgehead atoms. The molecule has 0 saturated carbocycles. The molecule has 11 heteroatoms. The maximum atomic E-state index is 8.26. The van der Waals surface area contributed by atoms with Gasteiger partial charge in [-0.1, -0.05) is 230 Å². The van der Waals surface area contributed by atoms with E-state index in [1.54, 1.807) is 0 Å². The van der Waals surface area contributed by atoms with Crippen LogP contribution in [0.25, 0.3) is 0 Å². The zero-order chi connectivity index (χ0) is 53.0. The van der Waals surface area contributed by atoms with Crippen LogP contribution in [0.3, 0.4) is 0 Å². The normalized spacial score (nSPS) is 9.86. The molecule has 0 aromatic heterocycles. The fourth-order valence-electron chi connectivity index (χ4n) is 8.46. The molecule has 11 aromatic carbocycles. The predicted molar refractivity (Wildman–Crippen MR) is 347 cm³/mol. The molecule has 11 rings (SSSR count). The van der Waals surface area contributed by atoms with Crippen LogP contribution in [0.2, 0.25) is 0 Å². The van der Waals surface area contributed by atoms with E-state index >= 15 is 0 Å². The van der Waals surface area contributed by atoms with Gasteiger partial charge in [-0.05, 0) is 104 Å². The molecular formula is C67H58FeMoOP2S6-2. The summed E-state index contributed by atoms with van der Waals surface area (Å²) in [5.74, 6) is 0. The smallest absolute Gasteiger partial charge is 0.144 e. The molecule has 0 amide bonds. The van der Waals surface area contributed by atoms with E-state index in [9.17, 15) is 0 Å². The molecule has 0 heterocycles. The topological polar surface area (TPSA) is 17.1 Å². The quantitative estimate of drug-likeness (QED) is 0.0644. The SMILES string of the molecule is Cc1ccc([S-])c([S-])c1.[Fe+2].[O]=[Mo].[S-]c1ccccc1.[S-]c1ccccc1.[SH-].[SH-].c1ccc([P+](c2ccccc2)(c2ccccc2)c2ccccc2)cc1.c1ccc([P+](c2ccccc2)(c2ccccc2)c2ccccc2)cc1. The van der Waals surface area contributed by atoms with Gasteiger partial charge in [-0.15, -0.1) is 0 Å². The Labute approximate surface area is 523 Å². The number of hydrogen-bond donors (Lipinski definition) is 0. The summed E-state index contributed by atoms with van der Waals surface area (Å²) in [4.78, 5) is 3.37. The van der Waals surface area contributed by atoms with Crippen molar-refractivity contribution in [3.63, 3.8) is 0 Å². The van der Waals surface area contributed by atoms with E-state index in [-0.39, 0.29) is 44.1 Å². The van der Waals surface area contributed by atoms with Gasteiger partial charge in [0.25, 0.3) is 0 Å². The molecule has 78 heavy (non-hydrogen) atoms. The molecule has 1 nitrogen and oxygen atoms in total. The molecule has 0 unspecified atom stereocenters. The largest absolute Gasteiger partial charge is 0.813 e. The van der Waals surface area contributed by atoms with Crippen LogP contribution >= 0.6 is 14.5 Å². The van der Waals surface area contributed by atoms with Crippen LogP contribution in [0.1, 0.15) is 5.56 Å². The zero-order valence-electron chi connectivity index (χ0n) is 42.7. The molecule has 394 valence electrons.